The average Bonchev–Trinajstić information content (AvgIpc) is 2.92. The van der Waals surface area contributed by atoms with Crippen LogP contribution in [0.15, 0.2) is 15.5 Å². The van der Waals surface area contributed by atoms with Gasteiger partial charge in [-0.05, 0) is 27.8 Å². The maximum Gasteiger partial charge on any atom is 0.244 e. The van der Waals surface area contributed by atoms with Gasteiger partial charge >= 0.3 is 0 Å². The van der Waals surface area contributed by atoms with Crippen LogP contribution in [0.3, 0.4) is 0 Å². The van der Waals surface area contributed by atoms with Gasteiger partial charge in [-0.3, -0.25) is 5.10 Å². The van der Waals surface area contributed by atoms with Gasteiger partial charge in [0.05, 0.1) is 6.20 Å². The molecule has 0 radical (unpaired) electrons. The van der Waals surface area contributed by atoms with Crippen LogP contribution in [0.4, 0.5) is 0 Å². The predicted octanol–water partition coefficient (Wildman–Crippen LogP) is 1.13. The summed E-state index contributed by atoms with van der Waals surface area (Å²) in [5.74, 6) is 1.01. The molecule has 2 aromatic heterocycles. The van der Waals surface area contributed by atoms with Crippen molar-refractivity contribution in [1.29, 1.82) is 0 Å². The Labute approximate surface area is 124 Å². The van der Waals surface area contributed by atoms with Crippen molar-refractivity contribution in [3.8, 4) is 0 Å². The highest BCUT2D eigenvalue weighted by Gasteiger charge is 2.26. The first-order chi connectivity index (χ1) is 9.86. The number of rotatable bonds is 6. The molecule has 0 amide bonds. The molecule has 0 atom stereocenters. The minimum atomic E-state index is -3.64. The zero-order valence-corrected chi connectivity index (χ0v) is 13.4. The maximum absolute atomic E-state index is 12.5. The van der Waals surface area contributed by atoms with Gasteiger partial charge in [-0.1, -0.05) is 0 Å². The van der Waals surface area contributed by atoms with E-state index in [1.807, 2.05) is 6.92 Å². The standard InChI is InChI=1S/C13H20N4O3S/c1-8-11(5-15-17-8)6-16-21(18,19)13-10(3)20-9(2)12(13)7-14-4/h5,14,16H,6-7H2,1-4H3,(H,15,17). The summed E-state index contributed by atoms with van der Waals surface area (Å²) in [6.07, 6.45) is 1.61. The van der Waals surface area contributed by atoms with Crippen molar-refractivity contribution in [2.24, 2.45) is 0 Å². The summed E-state index contributed by atoms with van der Waals surface area (Å²) in [7, 11) is -1.88. The van der Waals surface area contributed by atoms with E-state index in [1.165, 1.54) is 0 Å². The fourth-order valence-corrected chi connectivity index (χ4v) is 3.69. The summed E-state index contributed by atoms with van der Waals surface area (Å²) in [6.45, 7) is 5.89. The van der Waals surface area contributed by atoms with Gasteiger partial charge in [-0.15, -0.1) is 0 Å². The van der Waals surface area contributed by atoms with E-state index in [4.69, 9.17) is 4.42 Å². The SMILES string of the molecule is CNCc1c(C)oc(C)c1S(=O)(=O)NCc1cn[nH]c1C. The van der Waals surface area contributed by atoms with Crippen LogP contribution in [-0.4, -0.2) is 25.7 Å². The lowest BCUT2D eigenvalue weighted by atomic mass is 10.2. The molecule has 0 saturated carbocycles. The number of H-pyrrole nitrogens is 1. The number of aromatic nitrogens is 2. The van der Waals surface area contributed by atoms with Gasteiger partial charge < -0.3 is 9.73 Å². The molecule has 2 aromatic rings. The number of hydrogen-bond donors (Lipinski definition) is 3. The van der Waals surface area contributed by atoms with E-state index in [2.05, 4.69) is 20.2 Å². The zero-order valence-electron chi connectivity index (χ0n) is 12.6. The van der Waals surface area contributed by atoms with Gasteiger partial charge in [0.25, 0.3) is 0 Å². The first-order valence-corrected chi connectivity index (χ1v) is 8.07. The zero-order chi connectivity index (χ0) is 15.6. The van der Waals surface area contributed by atoms with E-state index >= 15 is 0 Å². The number of hydrogen-bond acceptors (Lipinski definition) is 5. The molecule has 0 aliphatic rings. The molecule has 2 rings (SSSR count). The predicted molar refractivity (Wildman–Crippen MR) is 78.3 cm³/mol. The van der Waals surface area contributed by atoms with Crippen LogP contribution < -0.4 is 10.0 Å². The van der Waals surface area contributed by atoms with Gasteiger partial charge in [0.2, 0.25) is 10.0 Å². The molecule has 0 bridgehead atoms. The molecule has 0 aliphatic heterocycles. The Morgan fingerprint density at radius 1 is 1.24 bits per heavy atom. The summed E-state index contributed by atoms with van der Waals surface area (Å²) in [6, 6.07) is 0. The summed E-state index contributed by atoms with van der Waals surface area (Å²) < 4.78 is 33.1. The monoisotopic (exact) mass is 312 g/mol. The minimum Gasteiger partial charge on any atom is -0.465 e. The average molecular weight is 312 g/mol. The topological polar surface area (TPSA) is 100 Å². The fourth-order valence-electron chi connectivity index (χ4n) is 2.24. The van der Waals surface area contributed by atoms with Crippen molar-refractivity contribution < 1.29 is 12.8 Å². The number of sulfonamides is 1. The normalized spacial score (nSPS) is 12.0. The number of nitrogens with zero attached hydrogens (tertiary/aromatic N) is 1. The van der Waals surface area contributed by atoms with Gasteiger partial charge in [0, 0.05) is 29.9 Å². The summed E-state index contributed by atoms with van der Waals surface area (Å²) in [5.41, 5.74) is 2.31. The van der Waals surface area contributed by atoms with Crippen molar-refractivity contribution in [1.82, 2.24) is 20.2 Å². The molecule has 0 aromatic carbocycles. The van der Waals surface area contributed by atoms with Crippen LogP contribution in [0.1, 0.15) is 28.3 Å². The van der Waals surface area contributed by atoms with E-state index < -0.39 is 10.0 Å². The van der Waals surface area contributed by atoms with Gasteiger partial charge in [0.15, 0.2) is 0 Å². The van der Waals surface area contributed by atoms with Gasteiger partial charge in [-0.25, -0.2) is 13.1 Å². The second kappa shape index (κ2) is 6.00. The molecular formula is C13H20N4O3S. The maximum atomic E-state index is 12.5. The molecule has 3 N–H and O–H groups in total. The van der Waals surface area contributed by atoms with E-state index in [-0.39, 0.29) is 11.4 Å². The Hall–Kier alpha value is -1.64. The number of aromatic amines is 1. The van der Waals surface area contributed by atoms with E-state index in [9.17, 15) is 8.42 Å². The Balaban J connectivity index is 2.29. The second-order valence-electron chi connectivity index (χ2n) is 4.90. The van der Waals surface area contributed by atoms with Crippen LogP contribution >= 0.6 is 0 Å². The first kappa shape index (κ1) is 15.7. The van der Waals surface area contributed by atoms with Crippen molar-refractivity contribution in [2.75, 3.05) is 7.05 Å². The van der Waals surface area contributed by atoms with Crippen LogP contribution in [0.5, 0.6) is 0 Å². The van der Waals surface area contributed by atoms with E-state index in [0.29, 0.717) is 23.6 Å². The molecule has 8 heteroatoms. The third kappa shape index (κ3) is 3.17. The third-order valence-corrected chi connectivity index (χ3v) is 4.93. The molecule has 0 unspecified atom stereocenters. The first-order valence-electron chi connectivity index (χ1n) is 6.58. The van der Waals surface area contributed by atoms with Crippen molar-refractivity contribution in [3.63, 3.8) is 0 Å². The molecule has 0 fully saturated rings. The smallest absolute Gasteiger partial charge is 0.244 e. The van der Waals surface area contributed by atoms with E-state index in [1.54, 1.807) is 27.1 Å². The van der Waals surface area contributed by atoms with Crippen LogP contribution in [0.25, 0.3) is 0 Å². The van der Waals surface area contributed by atoms with Gasteiger partial charge in [-0.2, -0.15) is 5.10 Å². The molecule has 7 nitrogen and oxygen atoms in total. The summed E-state index contributed by atoms with van der Waals surface area (Å²) >= 11 is 0. The van der Waals surface area contributed by atoms with Crippen molar-refractivity contribution in [2.45, 2.75) is 38.8 Å². The molecule has 0 spiro atoms. The van der Waals surface area contributed by atoms with Crippen molar-refractivity contribution >= 4 is 10.0 Å². The van der Waals surface area contributed by atoms with Crippen molar-refractivity contribution in [3.05, 3.63) is 34.5 Å². The minimum absolute atomic E-state index is 0.188. The Morgan fingerprint density at radius 2 is 1.95 bits per heavy atom. The van der Waals surface area contributed by atoms with Crippen LogP contribution in [0.2, 0.25) is 0 Å². The third-order valence-electron chi connectivity index (χ3n) is 3.33. The Morgan fingerprint density at radius 3 is 2.52 bits per heavy atom. The van der Waals surface area contributed by atoms with E-state index in [0.717, 1.165) is 11.3 Å². The summed E-state index contributed by atoms with van der Waals surface area (Å²) in [4.78, 5) is 0.218. The summed E-state index contributed by atoms with van der Waals surface area (Å²) in [5, 5.41) is 9.62. The number of furan rings is 1. The Bertz CT molecular complexity index is 731. The highest BCUT2D eigenvalue weighted by Crippen LogP contribution is 2.26. The molecule has 0 aliphatic carbocycles. The highest BCUT2D eigenvalue weighted by molar-refractivity contribution is 7.89. The molecule has 116 valence electrons. The number of nitrogens with one attached hydrogen (secondary N) is 3. The Kier molecular flexibility index (Phi) is 4.50. The lowest BCUT2D eigenvalue weighted by Gasteiger charge is -2.08. The number of aryl methyl sites for hydroxylation is 3. The van der Waals surface area contributed by atoms with Crippen LogP contribution in [-0.2, 0) is 23.1 Å². The molecular weight excluding hydrogens is 292 g/mol. The quantitative estimate of drug-likeness (QED) is 0.742. The highest BCUT2D eigenvalue weighted by atomic mass is 32.2. The lowest BCUT2D eigenvalue weighted by molar-refractivity contribution is 0.493. The fraction of sp³-hybridized carbons (Fsp3) is 0.462. The second-order valence-corrected chi connectivity index (χ2v) is 6.60. The van der Waals surface area contributed by atoms with Crippen LogP contribution in [0, 0.1) is 20.8 Å². The molecule has 21 heavy (non-hydrogen) atoms. The largest absolute Gasteiger partial charge is 0.465 e. The van der Waals surface area contributed by atoms with Gasteiger partial charge in [0.1, 0.15) is 16.4 Å². The lowest BCUT2D eigenvalue weighted by Crippen LogP contribution is -2.25. The molecule has 0 saturated heterocycles. The molecule has 2 heterocycles.